The third-order valence-corrected chi connectivity index (χ3v) is 5.69. The second-order valence-electron chi connectivity index (χ2n) is 8.99. The summed E-state index contributed by atoms with van der Waals surface area (Å²) in [5.74, 6) is 0.373. The van der Waals surface area contributed by atoms with Crippen molar-refractivity contribution in [1.29, 1.82) is 0 Å². The summed E-state index contributed by atoms with van der Waals surface area (Å²) in [5.41, 5.74) is 1.62. The van der Waals surface area contributed by atoms with Crippen molar-refractivity contribution in [3.05, 3.63) is 42.1 Å². The summed E-state index contributed by atoms with van der Waals surface area (Å²) in [6.07, 6.45) is 4.52. The van der Waals surface area contributed by atoms with E-state index in [9.17, 15) is 9.59 Å². The summed E-state index contributed by atoms with van der Waals surface area (Å²) in [6, 6.07) is 10.2. The molecule has 30 heavy (non-hydrogen) atoms. The number of rotatable bonds is 5. The lowest BCUT2D eigenvalue weighted by Crippen LogP contribution is -2.42. The van der Waals surface area contributed by atoms with Crippen LogP contribution in [0.25, 0.3) is 10.9 Å². The lowest BCUT2D eigenvalue weighted by Gasteiger charge is -2.37. The number of methoxy groups -OCH3 is 1. The van der Waals surface area contributed by atoms with Gasteiger partial charge in [-0.2, -0.15) is 0 Å². The third kappa shape index (κ3) is 5.71. The molecular weight excluding hydrogens is 380 g/mol. The molecule has 0 bridgehead atoms. The normalized spacial score (nSPS) is 16.3. The molecule has 1 aliphatic rings. The average Bonchev–Trinajstić information content (AvgIpc) is 2.72. The number of amides is 1. The Labute approximate surface area is 178 Å². The van der Waals surface area contributed by atoms with E-state index in [4.69, 9.17) is 9.47 Å². The van der Waals surface area contributed by atoms with E-state index in [0.717, 1.165) is 29.3 Å². The van der Waals surface area contributed by atoms with Crippen molar-refractivity contribution in [3.8, 4) is 0 Å². The minimum atomic E-state index is -0.492. The van der Waals surface area contributed by atoms with Crippen LogP contribution in [0.4, 0.5) is 4.79 Å². The smallest absolute Gasteiger partial charge is 0.410 e. The molecule has 1 saturated heterocycles. The number of likely N-dealkylation sites (tertiary alicyclic amines) is 1. The van der Waals surface area contributed by atoms with E-state index in [1.165, 1.54) is 7.11 Å². The first kappa shape index (κ1) is 22.1. The molecule has 6 heteroatoms. The first-order chi connectivity index (χ1) is 14.3. The maximum absolute atomic E-state index is 12.4. The van der Waals surface area contributed by atoms with Crippen LogP contribution in [0.1, 0.15) is 57.9 Å². The van der Waals surface area contributed by atoms with Gasteiger partial charge >= 0.3 is 12.1 Å². The van der Waals surface area contributed by atoms with Crippen LogP contribution in [-0.4, -0.2) is 47.7 Å². The van der Waals surface area contributed by atoms with E-state index < -0.39 is 5.60 Å². The van der Waals surface area contributed by atoms with Gasteiger partial charge in [0.2, 0.25) is 0 Å². The van der Waals surface area contributed by atoms with Crippen LogP contribution < -0.4 is 0 Å². The van der Waals surface area contributed by atoms with E-state index in [0.29, 0.717) is 31.8 Å². The van der Waals surface area contributed by atoms with Crippen LogP contribution in [-0.2, 0) is 14.3 Å². The number of nitrogens with zero attached hydrogens (tertiary/aromatic N) is 2. The zero-order chi connectivity index (χ0) is 21.7. The summed E-state index contributed by atoms with van der Waals surface area (Å²) >= 11 is 0. The molecule has 1 aromatic heterocycles. The van der Waals surface area contributed by atoms with Crippen LogP contribution in [0.2, 0.25) is 0 Å². The van der Waals surface area contributed by atoms with Crippen LogP contribution in [0.3, 0.4) is 0 Å². The zero-order valence-electron chi connectivity index (χ0n) is 18.4. The summed E-state index contributed by atoms with van der Waals surface area (Å²) in [4.78, 5) is 30.6. The molecule has 1 atom stereocenters. The van der Waals surface area contributed by atoms with Gasteiger partial charge in [-0.25, -0.2) is 4.79 Å². The van der Waals surface area contributed by atoms with Crippen LogP contribution in [0, 0.1) is 5.92 Å². The van der Waals surface area contributed by atoms with Crippen LogP contribution in [0.5, 0.6) is 0 Å². The molecule has 1 aromatic carbocycles. The molecule has 0 radical (unpaired) electrons. The van der Waals surface area contributed by atoms with Gasteiger partial charge in [-0.3, -0.25) is 9.78 Å². The number of aromatic nitrogens is 1. The number of benzene rings is 1. The monoisotopic (exact) mass is 412 g/mol. The number of carbonyl (C=O) groups excluding carboxylic acids is 2. The van der Waals surface area contributed by atoms with Crippen molar-refractivity contribution in [3.63, 3.8) is 0 Å². The Morgan fingerprint density at radius 1 is 1.20 bits per heavy atom. The Hall–Kier alpha value is -2.63. The largest absolute Gasteiger partial charge is 0.469 e. The molecule has 0 spiro atoms. The minimum Gasteiger partial charge on any atom is -0.469 e. The van der Waals surface area contributed by atoms with Crippen LogP contribution >= 0.6 is 0 Å². The van der Waals surface area contributed by atoms with Gasteiger partial charge in [-0.05, 0) is 69.6 Å². The number of esters is 1. The number of ether oxygens (including phenoxy) is 2. The number of hydrogen-bond donors (Lipinski definition) is 0. The SMILES string of the molecule is COC(=O)CCC(c1cnc2ccccc2c1)C1CCN(C(=O)OC(C)(C)C)CC1. The Morgan fingerprint density at radius 2 is 1.90 bits per heavy atom. The molecule has 2 aromatic rings. The maximum atomic E-state index is 12.4. The highest BCUT2D eigenvalue weighted by molar-refractivity contribution is 5.79. The lowest BCUT2D eigenvalue weighted by atomic mass is 9.78. The summed E-state index contributed by atoms with van der Waals surface area (Å²) in [5, 5.41) is 1.10. The van der Waals surface area contributed by atoms with Crippen molar-refractivity contribution >= 4 is 23.0 Å². The molecule has 1 fully saturated rings. The van der Waals surface area contributed by atoms with Gasteiger partial charge in [0.05, 0.1) is 12.6 Å². The molecule has 0 N–H and O–H groups in total. The Balaban J connectivity index is 1.74. The van der Waals surface area contributed by atoms with Crippen molar-refractivity contribution in [2.45, 2.75) is 58.0 Å². The Morgan fingerprint density at radius 3 is 2.57 bits per heavy atom. The van der Waals surface area contributed by atoms with Gasteiger partial charge < -0.3 is 14.4 Å². The van der Waals surface area contributed by atoms with Gasteiger partial charge in [0, 0.05) is 31.1 Å². The molecule has 2 heterocycles. The zero-order valence-corrected chi connectivity index (χ0v) is 18.4. The van der Waals surface area contributed by atoms with Crippen molar-refractivity contribution in [2.24, 2.45) is 5.92 Å². The number of piperidine rings is 1. The number of fused-ring (bicyclic) bond motifs is 1. The third-order valence-electron chi connectivity index (χ3n) is 5.69. The fraction of sp³-hybridized carbons (Fsp3) is 0.542. The van der Waals surface area contributed by atoms with E-state index in [-0.39, 0.29) is 18.0 Å². The minimum absolute atomic E-state index is 0.195. The Bertz CT molecular complexity index is 882. The van der Waals surface area contributed by atoms with Gasteiger partial charge in [-0.15, -0.1) is 0 Å². The summed E-state index contributed by atoms with van der Waals surface area (Å²) in [7, 11) is 1.42. The second-order valence-corrected chi connectivity index (χ2v) is 8.99. The maximum Gasteiger partial charge on any atom is 0.410 e. The molecule has 162 valence electrons. The Kier molecular flexibility index (Phi) is 6.95. The number of para-hydroxylation sites is 1. The fourth-order valence-electron chi connectivity index (χ4n) is 4.15. The highest BCUT2D eigenvalue weighted by Crippen LogP contribution is 2.37. The molecule has 1 aliphatic heterocycles. The van der Waals surface area contributed by atoms with Gasteiger partial charge in [0.25, 0.3) is 0 Å². The molecule has 0 aliphatic carbocycles. The number of carbonyl (C=O) groups is 2. The second kappa shape index (κ2) is 9.45. The molecule has 3 rings (SSSR count). The van der Waals surface area contributed by atoms with E-state index >= 15 is 0 Å². The highest BCUT2D eigenvalue weighted by atomic mass is 16.6. The predicted octanol–water partition coefficient (Wildman–Crippen LogP) is 4.92. The molecule has 1 amide bonds. The molecular formula is C24H32N2O4. The predicted molar refractivity (Wildman–Crippen MR) is 116 cm³/mol. The van der Waals surface area contributed by atoms with E-state index in [1.807, 2.05) is 45.2 Å². The van der Waals surface area contributed by atoms with Crippen molar-refractivity contribution in [1.82, 2.24) is 9.88 Å². The number of hydrogen-bond acceptors (Lipinski definition) is 5. The van der Waals surface area contributed by atoms with E-state index in [2.05, 4.69) is 17.1 Å². The first-order valence-corrected chi connectivity index (χ1v) is 10.7. The van der Waals surface area contributed by atoms with Crippen LogP contribution in [0.15, 0.2) is 36.5 Å². The van der Waals surface area contributed by atoms with Gasteiger partial charge in [-0.1, -0.05) is 18.2 Å². The number of pyridine rings is 1. The summed E-state index contributed by atoms with van der Waals surface area (Å²) in [6.45, 7) is 6.97. The van der Waals surface area contributed by atoms with Gasteiger partial charge in [0.1, 0.15) is 5.60 Å². The molecule has 6 nitrogen and oxygen atoms in total. The topological polar surface area (TPSA) is 68.7 Å². The van der Waals surface area contributed by atoms with E-state index in [1.54, 1.807) is 4.90 Å². The molecule has 1 unspecified atom stereocenters. The van der Waals surface area contributed by atoms with Crippen molar-refractivity contribution in [2.75, 3.05) is 20.2 Å². The van der Waals surface area contributed by atoms with Crippen molar-refractivity contribution < 1.29 is 19.1 Å². The van der Waals surface area contributed by atoms with Gasteiger partial charge in [0.15, 0.2) is 0 Å². The highest BCUT2D eigenvalue weighted by Gasteiger charge is 2.32. The standard InChI is InChI=1S/C24H32N2O4/c1-24(2,3)30-23(28)26-13-11-17(12-14-26)20(9-10-22(27)29-4)19-15-18-7-5-6-8-21(18)25-16-19/h5-8,15-17,20H,9-14H2,1-4H3. The molecule has 0 saturated carbocycles. The summed E-state index contributed by atoms with van der Waals surface area (Å²) < 4.78 is 10.4. The average molecular weight is 413 g/mol. The lowest BCUT2D eigenvalue weighted by molar-refractivity contribution is -0.140. The first-order valence-electron chi connectivity index (χ1n) is 10.7. The quantitative estimate of drug-likeness (QED) is 0.652. The fourth-order valence-corrected chi connectivity index (χ4v) is 4.15.